The summed E-state index contributed by atoms with van der Waals surface area (Å²) in [6, 6.07) is 0. The molecule has 1 aromatic rings. The third-order valence-corrected chi connectivity index (χ3v) is 1.50. The van der Waals surface area contributed by atoms with Crippen molar-refractivity contribution in [3.63, 3.8) is 0 Å². The van der Waals surface area contributed by atoms with Crippen molar-refractivity contribution in [1.29, 1.82) is 0 Å². The van der Waals surface area contributed by atoms with Gasteiger partial charge in [-0.1, -0.05) is 0 Å². The fourth-order valence-corrected chi connectivity index (χ4v) is 0.808. The van der Waals surface area contributed by atoms with Gasteiger partial charge < -0.3 is 0 Å². The number of aryl methyl sites for hydroxylation is 1. The van der Waals surface area contributed by atoms with Gasteiger partial charge in [0, 0.05) is 12.4 Å². The van der Waals surface area contributed by atoms with Crippen molar-refractivity contribution in [2.24, 2.45) is 0 Å². The van der Waals surface area contributed by atoms with E-state index in [4.69, 9.17) is 0 Å². The molecule has 1 rings (SSSR count). The summed E-state index contributed by atoms with van der Waals surface area (Å²) in [5, 5.41) is 0.963. The Morgan fingerprint density at radius 3 is 3.10 bits per heavy atom. The number of rotatable bonds is 0. The van der Waals surface area contributed by atoms with Crippen molar-refractivity contribution < 1.29 is 0 Å². The van der Waals surface area contributed by atoms with Gasteiger partial charge in [-0.3, -0.25) is 0 Å². The van der Waals surface area contributed by atoms with Gasteiger partial charge in [0.15, 0.2) is 0 Å². The van der Waals surface area contributed by atoms with E-state index in [1.165, 1.54) is 17.7 Å². The molecule has 4 heteroatoms. The molecule has 0 aliphatic heterocycles. The Morgan fingerprint density at radius 2 is 2.20 bits per heavy atom. The molecule has 0 atom stereocenters. The zero-order chi connectivity index (χ0) is 7.23. The van der Waals surface area contributed by atoms with Crippen LogP contribution in [0.25, 0.3) is 0 Å². The van der Waals surface area contributed by atoms with Gasteiger partial charge >= 0.3 is 0 Å². The lowest BCUT2D eigenvalue weighted by Crippen LogP contribution is -1.65. The summed E-state index contributed by atoms with van der Waals surface area (Å²) in [7, 11) is 0. The first-order chi connectivity index (χ1) is 4.89. The molecule has 0 aliphatic rings. The number of hydrogen-bond acceptors (Lipinski definition) is 4. The SMILES string of the molecule is Cc1nccncncs1. The number of hydrogen-bond donors (Lipinski definition) is 0. The zero-order valence-electron chi connectivity index (χ0n) is 5.56. The van der Waals surface area contributed by atoms with Gasteiger partial charge in [0.1, 0.15) is 6.33 Å². The van der Waals surface area contributed by atoms with E-state index in [1.807, 2.05) is 6.92 Å². The van der Waals surface area contributed by atoms with Crippen LogP contribution in [0.15, 0.2) is 24.2 Å². The lowest BCUT2D eigenvalue weighted by atomic mass is 10.8. The monoisotopic (exact) mass is 153 g/mol. The Morgan fingerprint density at radius 1 is 1.30 bits per heavy atom. The molecule has 0 amide bonds. The van der Waals surface area contributed by atoms with Crippen LogP contribution in [0.5, 0.6) is 0 Å². The second kappa shape index (κ2) is 3.90. The summed E-state index contributed by atoms with van der Waals surface area (Å²) in [6.45, 7) is 1.92. The maximum Gasteiger partial charge on any atom is 0.116 e. The summed E-state index contributed by atoms with van der Waals surface area (Å²) in [6.07, 6.45) is 4.73. The minimum Gasteiger partial charge on any atom is -0.249 e. The van der Waals surface area contributed by atoms with E-state index in [9.17, 15) is 0 Å². The highest BCUT2D eigenvalue weighted by molar-refractivity contribution is 7.08. The van der Waals surface area contributed by atoms with E-state index in [1.54, 1.807) is 17.9 Å². The molecule has 0 bridgehead atoms. The molecule has 1 aromatic heterocycles. The number of aromatic nitrogens is 3. The van der Waals surface area contributed by atoms with Crippen molar-refractivity contribution in [3.8, 4) is 0 Å². The van der Waals surface area contributed by atoms with Gasteiger partial charge in [-0.15, -0.1) is 11.3 Å². The Hall–Kier alpha value is -1.03. The average Bonchev–Trinajstić information content (AvgIpc) is 2.02. The fraction of sp³-hybridized carbons (Fsp3) is 0.167. The molecule has 0 saturated carbocycles. The Bertz CT molecular complexity index is 220. The highest BCUT2D eigenvalue weighted by atomic mass is 32.1. The van der Waals surface area contributed by atoms with Gasteiger partial charge in [-0.25, -0.2) is 15.0 Å². The number of nitrogens with zero attached hydrogens (tertiary/aromatic N) is 3. The third kappa shape index (κ3) is 2.50. The lowest BCUT2D eigenvalue weighted by Gasteiger charge is -1.74. The first-order valence-electron chi connectivity index (χ1n) is 2.79. The summed E-state index contributed by atoms with van der Waals surface area (Å²) in [5.41, 5.74) is 1.70. The molecule has 52 valence electrons. The topological polar surface area (TPSA) is 38.7 Å². The van der Waals surface area contributed by atoms with Gasteiger partial charge in [0.25, 0.3) is 0 Å². The van der Waals surface area contributed by atoms with Crippen LogP contribution in [0.4, 0.5) is 0 Å². The summed E-state index contributed by atoms with van der Waals surface area (Å²) < 4.78 is 0. The van der Waals surface area contributed by atoms with Crippen molar-refractivity contribution >= 4 is 11.3 Å². The highest BCUT2D eigenvalue weighted by Crippen LogP contribution is 1.92. The van der Waals surface area contributed by atoms with Crippen LogP contribution < -0.4 is 0 Å². The minimum atomic E-state index is 0.963. The molecule has 0 radical (unpaired) electrons. The van der Waals surface area contributed by atoms with Gasteiger partial charge in [0.05, 0.1) is 10.5 Å². The Balaban J connectivity index is 3.13. The van der Waals surface area contributed by atoms with Crippen molar-refractivity contribution in [2.75, 3.05) is 0 Å². The van der Waals surface area contributed by atoms with Crippen LogP contribution in [0.2, 0.25) is 0 Å². The smallest absolute Gasteiger partial charge is 0.116 e. The van der Waals surface area contributed by atoms with E-state index in [-0.39, 0.29) is 0 Å². The normalized spacial score (nSPS) is 8.50. The van der Waals surface area contributed by atoms with Crippen LogP contribution in [0.3, 0.4) is 0 Å². The van der Waals surface area contributed by atoms with Crippen LogP contribution in [0.1, 0.15) is 5.01 Å². The maximum atomic E-state index is 4.04. The van der Waals surface area contributed by atoms with Crippen molar-refractivity contribution in [1.82, 2.24) is 15.0 Å². The predicted molar refractivity (Wildman–Crippen MR) is 40.1 cm³/mol. The zero-order valence-corrected chi connectivity index (χ0v) is 6.38. The van der Waals surface area contributed by atoms with Gasteiger partial charge in [-0.05, 0) is 6.92 Å². The fourth-order valence-electron chi connectivity index (χ4n) is 0.418. The molecule has 0 aliphatic carbocycles. The largest absolute Gasteiger partial charge is 0.249 e. The van der Waals surface area contributed by atoms with Gasteiger partial charge in [0.2, 0.25) is 0 Å². The molecule has 3 nitrogen and oxygen atoms in total. The first-order valence-corrected chi connectivity index (χ1v) is 3.67. The molecule has 0 fully saturated rings. The summed E-state index contributed by atoms with van der Waals surface area (Å²) in [5.74, 6) is 0. The van der Waals surface area contributed by atoms with Gasteiger partial charge in [-0.2, -0.15) is 0 Å². The molecule has 10 heavy (non-hydrogen) atoms. The van der Waals surface area contributed by atoms with Crippen LogP contribution in [-0.2, 0) is 0 Å². The summed E-state index contributed by atoms with van der Waals surface area (Å²) in [4.78, 5) is 11.7. The quantitative estimate of drug-likeness (QED) is 0.565. The average molecular weight is 153 g/mol. The van der Waals surface area contributed by atoms with E-state index in [0.29, 0.717) is 0 Å². The van der Waals surface area contributed by atoms with Crippen molar-refractivity contribution in [2.45, 2.75) is 6.92 Å². The van der Waals surface area contributed by atoms with Crippen molar-refractivity contribution in [3.05, 3.63) is 29.2 Å². The molecule has 0 aromatic carbocycles. The highest BCUT2D eigenvalue weighted by Gasteiger charge is 1.73. The molecule has 1 heterocycles. The molecular formula is C6H7N3S. The second-order valence-corrected chi connectivity index (χ2v) is 2.62. The molecule has 0 saturated heterocycles. The molecule has 0 N–H and O–H groups in total. The van der Waals surface area contributed by atoms with E-state index < -0.39 is 0 Å². The Labute approximate surface area is 63.1 Å². The van der Waals surface area contributed by atoms with Crippen LogP contribution in [0, 0.1) is 6.92 Å². The predicted octanol–water partition coefficient (Wildman–Crippen LogP) is 1.37. The lowest BCUT2D eigenvalue weighted by molar-refractivity contribution is 1.20. The van der Waals surface area contributed by atoms with Crippen LogP contribution in [-0.4, -0.2) is 15.0 Å². The van der Waals surface area contributed by atoms with Crippen LogP contribution >= 0.6 is 11.3 Å². The molecular weight excluding hydrogens is 146 g/mol. The second-order valence-electron chi connectivity index (χ2n) is 1.58. The maximum absolute atomic E-state index is 4.04. The standard InChI is InChI=1S/C6H7N3S/c1-6-9-3-2-7-4-8-5-10-6/h2-5H,1H3. The van der Waals surface area contributed by atoms with E-state index >= 15 is 0 Å². The molecule has 0 unspecified atom stereocenters. The van der Waals surface area contributed by atoms with E-state index in [2.05, 4.69) is 15.0 Å². The Kier molecular flexibility index (Phi) is 2.76. The third-order valence-electron chi connectivity index (χ3n) is 0.827. The summed E-state index contributed by atoms with van der Waals surface area (Å²) >= 11 is 1.48. The van der Waals surface area contributed by atoms with E-state index in [0.717, 1.165) is 5.01 Å². The molecule has 0 spiro atoms. The first kappa shape index (κ1) is 7.08. The minimum absolute atomic E-state index is 0.963.